The molecule has 1 aliphatic carbocycles. The Kier molecular flexibility index (Phi) is 4.79. The third kappa shape index (κ3) is 2.87. The summed E-state index contributed by atoms with van der Waals surface area (Å²) in [5, 5.41) is 12.4. The van der Waals surface area contributed by atoms with Crippen LogP contribution in [0, 0.1) is 17.3 Å². The highest BCUT2D eigenvalue weighted by Gasteiger charge is 2.48. The molecule has 0 spiro atoms. The third-order valence-electron chi connectivity index (χ3n) is 5.57. The molecule has 1 saturated heterocycles. The fraction of sp³-hybridized carbons (Fsp3) is 0.875. The van der Waals surface area contributed by atoms with Crippen LogP contribution in [0.2, 0.25) is 0 Å². The smallest absolute Gasteiger partial charge is 0.236 e. The molecular weight excluding hydrogens is 266 g/mol. The number of carbonyl (C=O) groups excluding carboxylic acids is 1. The maximum Gasteiger partial charge on any atom is 0.236 e. The predicted octanol–water partition coefficient (Wildman–Crippen LogP) is 2.58. The second-order valence-electron chi connectivity index (χ2n) is 7.14. The van der Waals surface area contributed by atoms with E-state index >= 15 is 0 Å². The zero-order chi connectivity index (χ0) is 15.6. The number of carbonyl (C=O) groups is 1. The van der Waals surface area contributed by atoms with Gasteiger partial charge in [0.25, 0.3) is 0 Å². The molecule has 1 saturated carbocycles. The van der Waals surface area contributed by atoms with Gasteiger partial charge in [0, 0.05) is 12.6 Å². The highest BCUT2D eigenvalue weighted by molar-refractivity contribution is 6.07. The first kappa shape index (κ1) is 16.1. The van der Waals surface area contributed by atoms with Gasteiger partial charge in [-0.3, -0.25) is 4.79 Å². The molecule has 0 aromatic heterocycles. The van der Waals surface area contributed by atoms with Crippen LogP contribution in [-0.2, 0) is 4.79 Å². The maximum absolute atomic E-state index is 13.2. The lowest BCUT2D eigenvalue weighted by atomic mass is 9.71. The van der Waals surface area contributed by atoms with Crippen LogP contribution in [0.15, 0.2) is 5.16 Å². The van der Waals surface area contributed by atoms with E-state index in [9.17, 15) is 4.79 Å². The minimum absolute atomic E-state index is 0.0726. The Morgan fingerprint density at radius 3 is 2.43 bits per heavy atom. The number of amidine groups is 1. The standard InChI is InChI=1S/C16H29N3O2/c1-11-9-12(2)13(3)19(10-11)15(20)16(14(17)18-21)7-5-4-6-8-16/h11-13,21H,4-10H2,1-3H3,(H2,17,18). The summed E-state index contributed by atoms with van der Waals surface area (Å²) in [7, 11) is 0. The largest absolute Gasteiger partial charge is 0.409 e. The lowest BCUT2D eigenvalue weighted by molar-refractivity contribution is -0.146. The zero-order valence-electron chi connectivity index (χ0n) is 13.5. The molecule has 3 atom stereocenters. The van der Waals surface area contributed by atoms with E-state index in [1.54, 1.807) is 0 Å². The van der Waals surface area contributed by atoms with Gasteiger partial charge in [-0.2, -0.15) is 0 Å². The summed E-state index contributed by atoms with van der Waals surface area (Å²) in [6.07, 6.45) is 5.61. The van der Waals surface area contributed by atoms with Crippen LogP contribution in [0.5, 0.6) is 0 Å². The molecule has 0 aromatic carbocycles. The molecule has 5 nitrogen and oxygen atoms in total. The van der Waals surface area contributed by atoms with E-state index < -0.39 is 5.41 Å². The Balaban J connectivity index is 2.29. The summed E-state index contributed by atoms with van der Waals surface area (Å²) in [4.78, 5) is 15.2. The molecule has 1 amide bonds. The molecule has 2 aliphatic rings. The number of piperidine rings is 1. The van der Waals surface area contributed by atoms with Gasteiger partial charge in [-0.25, -0.2) is 0 Å². The average molecular weight is 295 g/mol. The number of amides is 1. The van der Waals surface area contributed by atoms with Crippen molar-refractivity contribution in [3.8, 4) is 0 Å². The highest BCUT2D eigenvalue weighted by Crippen LogP contribution is 2.40. The Morgan fingerprint density at radius 2 is 1.86 bits per heavy atom. The van der Waals surface area contributed by atoms with Gasteiger partial charge in [0.1, 0.15) is 5.41 Å². The molecule has 3 unspecified atom stereocenters. The van der Waals surface area contributed by atoms with Crippen molar-refractivity contribution in [2.75, 3.05) is 6.54 Å². The Labute approximate surface area is 127 Å². The molecular formula is C16H29N3O2. The third-order valence-corrected chi connectivity index (χ3v) is 5.57. The first-order valence-corrected chi connectivity index (χ1v) is 8.21. The molecule has 21 heavy (non-hydrogen) atoms. The summed E-state index contributed by atoms with van der Waals surface area (Å²) in [6, 6.07) is 0.221. The van der Waals surface area contributed by atoms with Crippen LogP contribution in [-0.4, -0.2) is 34.4 Å². The summed E-state index contributed by atoms with van der Waals surface area (Å²) < 4.78 is 0. The van der Waals surface area contributed by atoms with Crippen LogP contribution in [0.1, 0.15) is 59.3 Å². The summed E-state index contributed by atoms with van der Waals surface area (Å²) >= 11 is 0. The molecule has 5 heteroatoms. The second kappa shape index (κ2) is 6.24. The average Bonchev–Trinajstić information content (AvgIpc) is 2.50. The zero-order valence-corrected chi connectivity index (χ0v) is 13.5. The van der Waals surface area contributed by atoms with Gasteiger partial charge in [0.2, 0.25) is 5.91 Å². The van der Waals surface area contributed by atoms with Crippen LogP contribution in [0.25, 0.3) is 0 Å². The van der Waals surface area contributed by atoms with E-state index in [1.807, 2.05) is 4.90 Å². The predicted molar refractivity (Wildman–Crippen MR) is 83.0 cm³/mol. The highest BCUT2D eigenvalue weighted by atomic mass is 16.4. The lowest BCUT2D eigenvalue weighted by Gasteiger charge is -2.46. The Hall–Kier alpha value is -1.26. The minimum atomic E-state index is -0.780. The summed E-state index contributed by atoms with van der Waals surface area (Å²) in [6.45, 7) is 7.30. The van der Waals surface area contributed by atoms with Gasteiger partial charge in [-0.05, 0) is 38.0 Å². The van der Waals surface area contributed by atoms with Gasteiger partial charge >= 0.3 is 0 Å². The van der Waals surface area contributed by atoms with Crippen LogP contribution < -0.4 is 5.73 Å². The lowest BCUT2D eigenvalue weighted by Crippen LogP contribution is -2.58. The number of likely N-dealkylation sites (tertiary alicyclic amines) is 1. The summed E-state index contributed by atoms with van der Waals surface area (Å²) in [5.41, 5.74) is 5.18. The van der Waals surface area contributed by atoms with Crippen molar-refractivity contribution < 1.29 is 10.0 Å². The van der Waals surface area contributed by atoms with Crippen molar-refractivity contribution in [2.24, 2.45) is 28.1 Å². The fourth-order valence-corrected chi connectivity index (χ4v) is 4.09. The van der Waals surface area contributed by atoms with E-state index in [1.165, 1.54) is 0 Å². The van der Waals surface area contributed by atoms with Crippen LogP contribution >= 0.6 is 0 Å². The topological polar surface area (TPSA) is 78.9 Å². The molecule has 1 aliphatic heterocycles. The molecule has 0 radical (unpaired) electrons. The Bertz CT molecular complexity index is 416. The maximum atomic E-state index is 13.2. The quantitative estimate of drug-likeness (QED) is 0.356. The van der Waals surface area contributed by atoms with E-state index in [0.29, 0.717) is 24.7 Å². The van der Waals surface area contributed by atoms with Crippen molar-refractivity contribution >= 4 is 11.7 Å². The second-order valence-corrected chi connectivity index (χ2v) is 7.14. The number of nitrogens with two attached hydrogens (primary N) is 1. The van der Waals surface area contributed by atoms with Crippen molar-refractivity contribution in [1.29, 1.82) is 0 Å². The molecule has 1 heterocycles. The molecule has 120 valence electrons. The molecule has 0 aromatic rings. The molecule has 3 N–H and O–H groups in total. The first-order valence-electron chi connectivity index (χ1n) is 8.21. The normalized spacial score (nSPS) is 33.8. The number of rotatable bonds is 2. The number of hydrogen-bond donors (Lipinski definition) is 2. The van der Waals surface area contributed by atoms with Crippen molar-refractivity contribution in [3.05, 3.63) is 0 Å². The van der Waals surface area contributed by atoms with E-state index in [-0.39, 0.29) is 17.8 Å². The number of oxime groups is 1. The van der Waals surface area contributed by atoms with Gasteiger partial charge < -0.3 is 15.8 Å². The fourth-order valence-electron chi connectivity index (χ4n) is 4.09. The molecule has 2 fully saturated rings. The van der Waals surface area contributed by atoms with E-state index in [0.717, 1.165) is 32.2 Å². The molecule has 0 bridgehead atoms. The van der Waals surface area contributed by atoms with Gasteiger partial charge in [0.15, 0.2) is 5.84 Å². The van der Waals surface area contributed by atoms with Crippen LogP contribution in [0.3, 0.4) is 0 Å². The SMILES string of the molecule is CC1CC(C)C(C)N(C(=O)C2(C(N)=NO)CCCCC2)C1. The van der Waals surface area contributed by atoms with Gasteiger partial charge in [0.05, 0.1) is 0 Å². The number of hydrogen-bond acceptors (Lipinski definition) is 3. The number of nitrogens with zero attached hydrogens (tertiary/aromatic N) is 2. The van der Waals surface area contributed by atoms with E-state index in [4.69, 9.17) is 10.9 Å². The monoisotopic (exact) mass is 295 g/mol. The minimum Gasteiger partial charge on any atom is -0.409 e. The Morgan fingerprint density at radius 1 is 1.24 bits per heavy atom. The van der Waals surface area contributed by atoms with Crippen molar-refractivity contribution in [1.82, 2.24) is 4.90 Å². The van der Waals surface area contributed by atoms with Gasteiger partial charge in [-0.1, -0.05) is 38.3 Å². The van der Waals surface area contributed by atoms with Crippen molar-refractivity contribution in [2.45, 2.75) is 65.3 Å². The first-order chi connectivity index (χ1) is 9.92. The van der Waals surface area contributed by atoms with E-state index in [2.05, 4.69) is 25.9 Å². The van der Waals surface area contributed by atoms with Gasteiger partial charge in [-0.15, -0.1) is 0 Å². The molecule has 2 rings (SSSR count). The van der Waals surface area contributed by atoms with Crippen LogP contribution in [0.4, 0.5) is 0 Å². The van der Waals surface area contributed by atoms with Crippen molar-refractivity contribution in [3.63, 3.8) is 0 Å². The summed E-state index contributed by atoms with van der Waals surface area (Å²) in [5.74, 6) is 1.17.